The first-order chi connectivity index (χ1) is 13.3. The number of para-hydroxylation sites is 2. The van der Waals surface area contributed by atoms with Gasteiger partial charge in [-0.3, -0.25) is 10.1 Å². The number of aromatic amines is 1. The summed E-state index contributed by atoms with van der Waals surface area (Å²) in [5.74, 6) is 0.160. The highest BCUT2D eigenvalue weighted by Crippen LogP contribution is 2.47. The summed E-state index contributed by atoms with van der Waals surface area (Å²) in [5.41, 5.74) is 4.78. The van der Waals surface area contributed by atoms with Crippen molar-refractivity contribution in [1.29, 1.82) is 0 Å². The Morgan fingerprint density at radius 1 is 1.07 bits per heavy atom. The molecule has 3 aromatic rings. The van der Waals surface area contributed by atoms with Gasteiger partial charge in [-0.2, -0.15) is 0 Å². The monoisotopic (exact) mass is 359 g/mol. The van der Waals surface area contributed by atoms with Gasteiger partial charge in [-0.05, 0) is 30.5 Å². The summed E-state index contributed by atoms with van der Waals surface area (Å²) in [7, 11) is 0. The third-order valence-corrected chi connectivity index (χ3v) is 6.10. The fraction of sp³-hybridized carbons (Fsp3) is 0.348. The minimum atomic E-state index is -0.782. The highest BCUT2D eigenvalue weighted by molar-refractivity contribution is 6.11. The van der Waals surface area contributed by atoms with Crippen molar-refractivity contribution in [1.82, 2.24) is 10.3 Å². The molecule has 3 heterocycles. The van der Waals surface area contributed by atoms with Crippen molar-refractivity contribution in [2.45, 2.75) is 38.1 Å². The zero-order valence-electron chi connectivity index (χ0n) is 15.7. The summed E-state index contributed by atoms with van der Waals surface area (Å²) in [6.07, 6.45) is 4.27. The van der Waals surface area contributed by atoms with Gasteiger partial charge >= 0.3 is 0 Å². The van der Waals surface area contributed by atoms with Crippen LogP contribution in [0.3, 0.4) is 0 Å². The molecule has 0 fully saturated rings. The van der Waals surface area contributed by atoms with E-state index in [1.807, 2.05) is 23.1 Å². The molecule has 5 rings (SSSR count). The quantitative estimate of drug-likeness (QED) is 0.689. The molecule has 4 nitrogen and oxygen atoms in total. The van der Waals surface area contributed by atoms with Gasteiger partial charge in [0.1, 0.15) is 0 Å². The minimum Gasteiger partial charge on any atom is -0.356 e. The zero-order valence-corrected chi connectivity index (χ0v) is 15.7. The second kappa shape index (κ2) is 6.24. The van der Waals surface area contributed by atoms with Gasteiger partial charge in [0.25, 0.3) is 5.91 Å². The molecule has 0 saturated heterocycles. The molecule has 2 N–H and O–H groups in total. The third kappa shape index (κ3) is 2.23. The Balaban J connectivity index is 1.70. The molecule has 0 radical (unpaired) electrons. The van der Waals surface area contributed by atoms with E-state index in [4.69, 9.17) is 0 Å². The fourth-order valence-electron chi connectivity index (χ4n) is 4.85. The summed E-state index contributed by atoms with van der Waals surface area (Å²) < 4.78 is 0. The first-order valence-electron chi connectivity index (χ1n) is 10.0. The lowest BCUT2D eigenvalue weighted by Gasteiger charge is -2.34. The molecule has 1 atom stereocenters. The smallest absolute Gasteiger partial charge is 0.258 e. The molecule has 27 heavy (non-hydrogen) atoms. The van der Waals surface area contributed by atoms with Crippen LogP contribution in [0.5, 0.6) is 0 Å². The molecule has 0 bridgehead atoms. The first-order valence-corrected chi connectivity index (χ1v) is 10.0. The number of rotatable bonds is 4. The van der Waals surface area contributed by atoms with E-state index >= 15 is 0 Å². The van der Waals surface area contributed by atoms with Crippen molar-refractivity contribution in [3.63, 3.8) is 0 Å². The van der Waals surface area contributed by atoms with Gasteiger partial charge in [0.15, 0.2) is 5.54 Å². The SMILES string of the molecule is CCCCCN1C(=O)C2(NCCc3c2[nH]c2ccccc32)c2ccccc21. The summed E-state index contributed by atoms with van der Waals surface area (Å²) in [5, 5.41) is 4.85. The lowest BCUT2D eigenvalue weighted by atomic mass is 9.82. The number of hydrogen-bond donors (Lipinski definition) is 2. The molecular formula is C23H25N3O. The molecule has 1 unspecified atom stereocenters. The predicted octanol–water partition coefficient (Wildman–Crippen LogP) is 4.09. The number of aromatic nitrogens is 1. The topological polar surface area (TPSA) is 48.1 Å². The maximum Gasteiger partial charge on any atom is 0.258 e. The van der Waals surface area contributed by atoms with Crippen LogP contribution >= 0.6 is 0 Å². The Labute approximate surface area is 159 Å². The van der Waals surface area contributed by atoms with Crippen LogP contribution in [-0.4, -0.2) is 24.0 Å². The van der Waals surface area contributed by atoms with Crippen molar-refractivity contribution >= 4 is 22.5 Å². The molecule has 1 aromatic heterocycles. The summed E-state index contributed by atoms with van der Waals surface area (Å²) >= 11 is 0. The molecular weight excluding hydrogens is 334 g/mol. The van der Waals surface area contributed by atoms with Crippen molar-refractivity contribution < 1.29 is 4.79 Å². The van der Waals surface area contributed by atoms with E-state index in [9.17, 15) is 4.79 Å². The van der Waals surface area contributed by atoms with Crippen LogP contribution in [0.25, 0.3) is 10.9 Å². The number of nitrogens with one attached hydrogen (secondary N) is 2. The number of nitrogens with zero attached hydrogens (tertiary/aromatic N) is 1. The Kier molecular flexibility index (Phi) is 3.83. The molecule has 138 valence electrons. The number of unbranched alkanes of at least 4 members (excludes halogenated alkanes) is 2. The van der Waals surface area contributed by atoms with Crippen LogP contribution in [-0.2, 0) is 16.8 Å². The second-order valence-electron chi connectivity index (χ2n) is 7.63. The van der Waals surface area contributed by atoms with Crippen molar-refractivity contribution in [2.75, 3.05) is 18.0 Å². The Hall–Kier alpha value is -2.59. The molecule has 2 aliphatic heterocycles. The molecule has 1 amide bonds. The standard InChI is InChI=1S/C23H25N3O/c1-2-3-8-15-26-20-12-7-5-10-18(20)23(22(26)27)21-17(13-14-24-23)16-9-4-6-11-19(16)25-21/h4-7,9-12,24-25H,2-3,8,13-15H2,1H3. The highest BCUT2D eigenvalue weighted by Gasteiger charge is 2.54. The number of anilines is 1. The molecule has 4 heteroatoms. The number of carbonyl (C=O) groups excluding carboxylic acids is 1. The van der Waals surface area contributed by atoms with E-state index in [0.29, 0.717) is 0 Å². The van der Waals surface area contributed by atoms with Gasteiger partial charge in [-0.25, -0.2) is 0 Å². The molecule has 0 aliphatic carbocycles. The number of amides is 1. The van der Waals surface area contributed by atoms with Crippen LogP contribution in [0.4, 0.5) is 5.69 Å². The summed E-state index contributed by atoms with van der Waals surface area (Å²) in [4.78, 5) is 19.4. The van der Waals surface area contributed by atoms with Crippen LogP contribution in [0.2, 0.25) is 0 Å². The minimum absolute atomic E-state index is 0.160. The van der Waals surface area contributed by atoms with E-state index in [1.165, 1.54) is 10.9 Å². The lowest BCUT2D eigenvalue weighted by Crippen LogP contribution is -2.55. The average molecular weight is 359 g/mol. The molecule has 2 aromatic carbocycles. The normalized spacial score (nSPS) is 21.1. The van der Waals surface area contributed by atoms with Gasteiger partial charge in [0.2, 0.25) is 0 Å². The second-order valence-corrected chi connectivity index (χ2v) is 7.63. The Bertz CT molecular complexity index is 1020. The van der Waals surface area contributed by atoms with Crippen LogP contribution in [0, 0.1) is 0 Å². The molecule has 2 aliphatic rings. The van der Waals surface area contributed by atoms with Gasteiger partial charge in [0.05, 0.1) is 5.69 Å². The van der Waals surface area contributed by atoms with E-state index in [2.05, 4.69) is 47.6 Å². The predicted molar refractivity (Wildman–Crippen MR) is 109 cm³/mol. The van der Waals surface area contributed by atoms with E-state index in [1.54, 1.807) is 0 Å². The van der Waals surface area contributed by atoms with Gasteiger partial charge in [0, 0.05) is 35.2 Å². The van der Waals surface area contributed by atoms with Gasteiger partial charge in [-0.15, -0.1) is 0 Å². The van der Waals surface area contributed by atoms with Crippen molar-refractivity contribution in [3.05, 3.63) is 65.4 Å². The number of H-pyrrole nitrogens is 1. The zero-order chi connectivity index (χ0) is 18.4. The molecule has 0 saturated carbocycles. The number of hydrogen-bond acceptors (Lipinski definition) is 2. The van der Waals surface area contributed by atoms with Crippen molar-refractivity contribution in [2.24, 2.45) is 0 Å². The average Bonchev–Trinajstić information content (AvgIpc) is 3.19. The summed E-state index contributed by atoms with van der Waals surface area (Å²) in [6, 6.07) is 16.7. The van der Waals surface area contributed by atoms with Crippen LogP contribution in [0.15, 0.2) is 48.5 Å². The third-order valence-electron chi connectivity index (χ3n) is 6.10. The van der Waals surface area contributed by atoms with E-state index in [0.717, 1.165) is 61.2 Å². The maximum absolute atomic E-state index is 13.8. The van der Waals surface area contributed by atoms with Crippen LogP contribution in [0.1, 0.15) is 43.0 Å². The van der Waals surface area contributed by atoms with E-state index in [-0.39, 0.29) is 5.91 Å². The number of fused-ring (bicyclic) bond motifs is 6. The van der Waals surface area contributed by atoms with Crippen LogP contribution < -0.4 is 10.2 Å². The highest BCUT2D eigenvalue weighted by atomic mass is 16.2. The Morgan fingerprint density at radius 3 is 2.78 bits per heavy atom. The van der Waals surface area contributed by atoms with Crippen molar-refractivity contribution in [3.8, 4) is 0 Å². The lowest BCUT2D eigenvalue weighted by molar-refractivity contribution is -0.123. The van der Waals surface area contributed by atoms with Gasteiger partial charge in [-0.1, -0.05) is 56.2 Å². The largest absolute Gasteiger partial charge is 0.356 e. The summed E-state index contributed by atoms with van der Waals surface area (Å²) in [6.45, 7) is 3.78. The Morgan fingerprint density at radius 2 is 1.89 bits per heavy atom. The first kappa shape index (κ1) is 16.6. The van der Waals surface area contributed by atoms with Gasteiger partial charge < -0.3 is 9.88 Å². The van der Waals surface area contributed by atoms with E-state index < -0.39 is 5.54 Å². The number of benzene rings is 2. The number of carbonyl (C=O) groups is 1. The molecule has 1 spiro atoms. The fourth-order valence-corrected chi connectivity index (χ4v) is 4.85. The maximum atomic E-state index is 13.8.